The van der Waals surface area contributed by atoms with Crippen molar-refractivity contribution >= 4 is 6.03 Å². The molecule has 0 heterocycles. The zero-order chi connectivity index (χ0) is 13.0. The number of amides is 2. The Morgan fingerprint density at radius 3 is 2.56 bits per heavy atom. The molecule has 1 aromatic rings. The van der Waals surface area contributed by atoms with Gasteiger partial charge in [0.1, 0.15) is 5.82 Å². The van der Waals surface area contributed by atoms with Gasteiger partial charge in [-0.2, -0.15) is 0 Å². The Hall–Kier alpha value is -1.84. The molecule has 1 aliphatic carbocycles. The van der Waals surface area contributed by atoms with Crippen molar-refractivity contribution in [3.05, 3.63) is 48.3 Å². The van der Waals surface area contributed by atoms with E-state index in [1.807, 2.05) is 0 Å². The van der Waals surface area contributed by atoms with Crippen molar-refractivity contribution in [1.29, 1.82) is 0 Å². The van der Waals surface area contributed by atoms with Crippen LogP contribution in [0.15, 0.2) is 36.9 Å². The minimum Gasteiger partial charge on any atom is -0.335 e. The molecule has 0 saturated heterocycles. The van der Waals surface area contributed by atoms with Gasteiger partial charge in [0, 0.05) is 6.54 Å². The van der Waals surface area contributed by atoms with Gasteiger partial charge in [0.15, 0.2) is 0 Å². The van der Waals surface area contributed by atoms with Gasteiger partial charge in [-0.3, -0.25) is 0 Å². The number of nitrogens with one attached hydrogen (secondary N) is 2. The van der Waals surface area contributed by atoms with Crippen LogP contribution in [0.2, 0.25) is 0 Å². The zero-order valence-electron chi connectivity index (χ0n) is 10.2. The number of hydrogen-bond acceptors (Lipinski definition) is 1. The lowest BCUT2D eigenvalue weighted by molar-refractivity contribution is 0.178. The van der Waals surface area contributed by atoms with Crippen molar-refractivity contribution in [2.24, 2.45) is 0 Å². The van der Waals surface area contributed by atoms with Crippen LogP contribution in [0.25, 0.3) is 0 Å². The number of benzene rings is 1. The van der Waals surface area contributed by atoms with Crippen LogP contribution in [0.3, 0.4) is 0 Å². The summed E-state index contributed by atoms with van der Waals surface area (Å²) in [5.74, 6) is -0.260. The summed E-state index contributed by atoms with van der Waals surface area (Å²) < 4.78 is 12.9. The first-order valence-corrected chi connectivity index (χ1v) is 6.09. The van der Waals surface area contributed by atoms with Crippen LogP contribution in [0.4, 0.5) is 9.18 Å². The molecule has 1 fully saturated rings. The van der Waals surface area contributed by atoms with E-state index in [0.717, 1.165) is 24.8 Å². The molecule has 0 radical (unpaired) electrons. The van der Waals surface area contributed by atoms with E-state index >= 15 is 0 Å². The smallest absolute Gasteiger partial charge is 0.315 e. The molecule has 18 heavy (non-hydrogen) atoms. The third-order valence-electron chi connectivity index (χ3n) is 3.36. The molecular formula is C14H17FN2O. The standard InChI is InChI=1S/C14H17FN2O/c1-2-10-16-13(18)17-14(8-3-9-14)11-4-6-12(15)7-5-11/h2,4-7H,1,3,8-10H2,(H2,16,17,18). The minimum absolute atomic E-state index is 0.209. The van der Waals surface area contributed by atoms with Crippen LogP contribution in [-0.2, 0) is 5.54 Å². The van der Waals surface area contributed by atoms with Crippen molar-refractivity contribution in [3.8, 4) is 0 Å². The number of hydrogen-bond donors (Lipinski definition) is 2. The summed E-state index contributed by atoms with van der Waals surface area (Å²) in [4.78, 5) is 11.7. The van der Waals surface area contributed by atoms with Crippen molar-refractivity contribution in [2.45, 2.75) is 24.8 Å². The molecule has 2 rings (SSSR count). The van der Waals surface area contributed by atoms with Crippen LogP contribution in [-0.4, -0.2) is 12.6 Å². The fourth-order valence-corrected chi connectivity index (χ4v) is 2.21. The lowest BCUT2D eigenvalue weighted by Crippen LogP contribution is -2.53. The highest BCUT2D eigenvalue weighted by molar-refractivity contribution is 5.75. The van der Waals surface area contributed by atoms with Crippen LogP contribution < -0.4 is 10.6 Å². The Balaban J connectivity index is 2.08. The average Bonchev–Trinajstić information content (AvgIpc) is 2.32. The zero-order valence-corrected chi connectivity index (χ0v) is 10.2. The number of carbonyl (C=O) groups excluding carboxylic acids is 1. The maximum Gasteiger partial charge on any atom is 0.315 e. The fraction of sp³-hybridized carbons (Fsp3) is 0.357. The normalized spacial score (nSPS) is 16.5. The number of halogens is 1. The maximum absolute atomic E-state index is 12.9. The summed E-state index contributed by atoms with van der Waals surface area (Å²) >= 11 is 0. The third-order valence-corrected chi connectivity index (χ3v) is 3.36. The summed E-state index contributed by atoms with van der Waals surface area (Å²) in [6.45, 7) is 3.98. The summed E-state index contributed by atoms with van der Waals surface area (Å²) in [6.07, 6.45) is 4.48. The summed E-state index contributed by atoms with van der Waals surface area (Å²) in [7, 11) is 0. The van der Waals surface area contributed by atoms with Gasteiger partial charge >= 0.3 is 6.03 Å². The third kappa shape index (κ3) is 2.53. The monoisotopic (exact) mass is 248 g/mol. The molecule has 4 heteroatoms. The second kappa shape index (κ2) is 5.21. The van der Waals surface area contributed by atoms with E-state index in [9.17, 15) is 9.18 Å². The highest BCUT2D eigenvalue weighted by Crippen LogP contribution is 2.41. The number of carbonyl (C=O) groups is 1. The highest BCUT2D eigenvalue weighted by Gasteiger charge is 2.39. The first kappa shape index (κ1) is 12.6. The molecular weight excluding hydrogens is 231 g/mol. The van der Waals surface area contributed by atoms with E-state index in [1.165, 1.54) is 12.1 Å². The number of rotatable bonds is 4. The fourth-order valence-electron chi connectivity index (χ4n) is 2.21. The second-order valence-corrected chi connectivity index (χ2v) is 4.57. The van der Waals surface area contributed by atoms with Crippen LogP contribution >= 0.6 is 0 Å². The van der Waals surface area contributed by atoms with Gasteiger partial charge in [0.25, 0.3) is 0 Å². The van der Waals surface area contributed by atoms with Gasteiger partial charge in [-0.1, -0.05) is 18.2 Å². The molecule has 1 saturated carbocycles. The van der Waals surface area contributed by atoms with Gasteiger partial charge in [0.05, 0.1) is 5.54 Å². The molecule has 2 amide bonds. The van der Waals surface area contributed by atoms with Gasteiger partial charge in [0.2, 0.25) is 0 Å². The maximum atomic E-state index is 12.9. The lowest BCUT2D eigenvalue weighted by atomic mass is 9.72. The predicted molar refractivity (Wildman–Crippen MR) is 68.7 cm³/mol. The second-order valence-electron chi connectivity index (χ2n) is 4.57. The van der Waals surface area contributed by atoms with E-state index in [0.29, 0.717) is 6.54 Å². The van der Waals surface area contributed by atoms with Crippen LogP contribution in [0.5, 0.6) is 0 Å². The molecule has 0 atom stereocenters. The van der Waals surface area contributed by atoms with Crippen molar-refractivity contribution < 1.29 is 9.18 Å². The molecule has 1 aliphatic rings. The van der Waals surface area contributed by atoms with E-state index in [4.69, 9.17) is 0 Å². The Morgan fingerprint density at radius 2 is 2.06 bits per heavy atom. The van der Waals surface area contributed by atoms with E-state index in [-0.39, 0.29) is 17.4 Å². The van der Waals surface area contributed by atoms with Crippen molar-refractivity contribution in [2.75, 3.05) is 6.54 Å². The molecule has 0 aliphatic heterocycles. The minimum atomic E-state index is -0.334. The highest BCUT2D eigenvalue weighted by atomic mass is 19.1. The van der Waals surface area contributed by atoms with Crippen molar-refractivity contribution in [3.63, 3.8) is 0 Å². The van der Waals surface area contributed by atoms with Crippen LogP contribution in [0.1, 0.15) is 24.8 Å². The van der Waals surface area contributed by atoms with E-state index < -0.39 is 0 Å². The molecule has 2 N–H and O–H groups in total. The van der Waals surface area contributed by atoms with Crippen LogP contribution in [0, 0.1) is 5.82 Å². The average molecular weight is 248 g/mol. The molecule has 0 aromatic heterocycles. The summed E-state index contributed by atoms with van der Waals surface area (Å²) in [5.41, 5.74) is 0.628. The molecule has 0 bridgehead atoms. The van der Waals surface area contributed by atoms with E-state index in [1.54, 1.807) is 18.2 Å². The Kier molecular flexibility index (Phi) is 3.65. The molecule has 0 unspecified atom stereocenters. The SMILES string of the molecule is C=CCNC(=O)NC1(c2ccc(F)cc2)CCC1. The van der Waals surface area contributed by atoms with Gasteiger partial charge in [-0.25, -0.2) is 9.18 Å². The molecule has 96 valence electrons. The Labute approximate surface area is 106 Å². The Morgan fingerprint density at radius 1 is 1.39 bits per heavy atom. The topological polar surface area (TPSA) is 41.1 Å². The lowest BCUT2D eigenvalue weighted by Gasteiger charge is -2.43. The van der Waals surface area contributed by atoms with Gasteiger partial charge in [-0.15, -0.1) is 6.58 Å². The summed E-state index contributed by atoms with van der Waals surface area (Å²) in [6, 6.07) is 6.13. The van der Waals surface area contributed by atoms with E-state index in [2.05, 4.69) is 17.2 Å². The first-order valence-electron chi connectivity index (χ1n) is 6.09. The molecule has 1 aromatic carbocycles. The number of urea groups is 1. The molecule has 3 nitrogen and oxygen atoms in total. The van der Waals surface area contributed by atoms with Crippen molar-refractivity contribution in [1.82, 2.24) is 10.6 Å². The largest absolute Gasteiger partial charge is 0.335 e. The summed E-state index contributed by atoms with van der Waals surface area (Å²) in [5, 5.41) is 5.68. The molecule has 0 spiro atoms. The van der Waals surface area contributed by atoms with Gasteiger partial charge < -0.3 is 10.6 Å². The predicted octanol–water partition coefficient (Wildman–Crippen LogP) is 2.69. The quantitative estimate of drug-likeness (QED) is 0.790. The van der Waals surface area contributed by atoms with Gasteiger partial charge in [-0.05, 0) is 37.0 Å². The Bertz CT molecular complexity index is 438. The first-order chi connectivity index (χ1) is 8.66.